The number of fused-ring (bicyclic) bond motifs is 2. The predicted molar refractivity (Wildman–Crippen MR) is 162 cm³/mol. The Labute approximate surface area is 241 Å². The summed E-state index contributed by atoms with van der Waals surface area (Å²) >= 11 is 0. The van der Waals surface area contributed by atoms with Crippen LogP contribution in [0.3, 0.4) is 0 Å². The molecule has 2 saturated heterocycles. The highest BCUT2D eigenvalue weighted by Gasteiger charge is 2.29. The fraction of sp³-hybridized carbons (Fsp3) is 0.394. The average Bonchev–Trinajstić information content (AvgIpc) is 3.39. The van der Waals surface area contributed by atoms with Gasteiger partial charge in [0, 0.05) is 62.6 Å². The second kappa shape index (κ2) is 11.9. The van der Waals surface area contributed by atoms with Crippen LogP contribution >= 0.6 is 0 Å². The maximum absolute atomic E-state index is 14.0. The van der Waals surface area contributed by atoms with Crippen LogP contribution < -0.4 is 5.32 Å². The molecule has 2 aliphatic heterocycles. The summed E-state index contributed by atoms with van der Waals surface area (Å²) in [4.78, 5) is 37.3. The molecular weight excluding hydrogens is 514 g/mol. The molecule has 1 atom stereocenters. The molecule has 214 valence electrons. The summed E-state index contributed by atoms with van der Waals surface area (Å²) in [5, 5.41) is 4.62. The molecule has 0 radical (unpaired) electrons. The van der Waals surface area contributed by atoms with Gasteiger partial charge in [0.1, 0.15) is 6.61 Å². The fourth-order valence-electron chi connectivity index (χ4n) is 5.93. The minimum absolute atomic E-state index is 0.0981. The second-order valence-corrected chi connectivity index (χ2v) is 11.4. The second-order valence-electron chi connectivity index (χ2n) is 11.4. The van der Waals surface area contributed by atoms with Crippen LogP contribution in [-0.4, -0.2) is 90.5 Å². The maximum Gasteiger partial charge on any atom is 0.338 e. The topological polar surface area (TPSA) is 80.9 Å². The van der Waals surface area contributed by atoms with E-state index in [4.69, 9.17) is 4.74 Å². The van der Waals surface area contributed by atoms with E-state index in [2.05, 4.69) is 52.3 Å². The number of H-pyrrole nitrogens is 1. The number of likely N-dealkylation sites (N-methyl/N-ethyl adjacent to an activating group) is 1. The molecule has 8 heteroatoms. The highest BCUT2D eigenvalue weighted by atomic mass is 16.5. The SMILES string of the molecule is C[C@H]1CCN(C(=O)c2ccc(-c3ccc4[nH]ccc4c3)c(C(=O)OCCN3CCN(C)CC3)c2)C2=CCCC=C2N1. The molecule has 0 spiro atoms. The number of hydrogen-bond donors (Lipinski definition) is 2. The molecule has 1 aliphatic carbocycles. The third kappa shape index (κ3) is 5.94. The first-order valence-electron chi connectivity index (χ1n) is 14.7. The molecule has 3 heterocycles. The van der Waals surface area contributed by atoms with Crippen molar-refractivity contribution in [2.24, 2.45) is 0 Å². The van der Waals surface area contributed by atoms with Crippen molar-refractivity contribution in [2.45, 2.75) is 32.2 Å². The van der Waals surface area contributed by atoms with Crippen LogP contribution in [0.1, 0.15) is 46.9 Å². The molecule has 3 aliphatic rings. The normalized spacial score (nSPS) is 20.0. The van der Waals surface area contributed by atoms with Gasteiger partial charge in [-0.2, -0.15) is 0 Å². The van der Waals surface area contributed by atoms with Crippen LogP contribution in [0.2, 0.25) is 0 Å². The van der Waals surface area contributed by atoms with Crippen LogP contribution in [0.25, 0.3) is 22.0 Å². The molecular formula is C33H39N5O3. The van der Waals surface area contributed by atoms with E-state index in [1.54, 1.807) is 6.07 Å². The lowest BCUT2D eigenvalue weighted by Crippen LogP contribution is -2.45. The molecule has 6 rings (SSSR count). The molecule has 8 nitrogen and oxygen atoms in total. The Morgan fingerprint density at radius 1 is 0.976 bits per heavy atom. The van der Waals surface area contributed by atoms with Gasteiger partial charge in [-0.25, -0.2) is 4.79 Å². The van der Waals surface area contributed by atoms with Gasteiger partial charge in [-0.1, -0.05) is 24.3 Å². The van der Waals surface area contributed by atoms with E-state index < -0.39 is 5.97 Å². The van der Waals surface area contributed by atoms with Gasteiger partial charge in [-0.15, -0.1) is 0 Å². The molecule has 41 heavy (non-hydrogen) atoms. The zero-order valence-electron chi connectivity index (χ0n) is 24.0. The van der Waals surface area contributed by atoms with Crippen LogP contribution in [0.5, 0.6) is 0 Å². The predicted octanol–water partition coefficient (Wildman–Crippen LogP) is 4.62. The van der Waals surface area contributed by atoms with Crippen molar-refractivity contribution in [1.29, 1.82) is 0 Å². The van der Waals surface area contributed by atoms with Gasteiger partial charge in [-0.3, -0.25) is 9.69 Å². The number of rotatable bonds is 6. The van der Waals surface area contributed by atoms with Gasteiger partial charge in [0.2, 0.25) is 0 Å². The third-order valence-corrected chi connectivity index (χ3v) is 8.44. The zero-order valence-corrected chi connectivity index (χ0v) is 24.0. The highest BCUT2D eigenvalue weighted by Crippen LogP contribution is 2.31. The van der Waals surface area contributed by atoms with Gasteiger partial charge < -0.3 is 24.8 Å². The molecule has 0 saturated carbocycles. The number of nitrogens with one attached hydrogen (secondary N) is 2. The molecule has 1 aromatic heterocycles. The smallest absolute Gasteiger partial charge is 0.338 e. The quantitative estimate of drug-likeness (QED) is 0.434. The number of piperazine rings is 1. The minimum Gasteiger partial charge on any atom is -0.461 e. The Morgan fingerprint density at radius 3 is 2.66 bits per heavy atom. The lowest BCUT2D eigenvalue weighted by molar-refractivity contribution is 0.0433. The zero-order chi connectivity index (χ0) is 28.3. The molecule has 2 aromatic carbocycles. The van der Waals surface area contributed by atoms with Crippen LogP contribution in [0, 0.1) is 0 Å². The van der Waals surface area contributed by atoms with Gasteiger partial charge >= 0.3 is 5.97 Å². The maximum atomic E-state index is 14.0. The van der Waals surface area contributed by atoms with Crippen molar-refractivity contribution in [2.75, 3.05) is 52.9 Å². The number of benzene rings is 2. The van der Waals surface area contributed by atoms with Crippen molar-refractivity contribution >= 4 is 22.8 Å². The van der Waals surface area contributed by atoms with Crippen molar-refractivity contribution < 1.29 is 14.3 Å². The van der Waals surface area contributed by atoms with E-state index in [0.29, 0.717) is 30.8 Å². The van der Waals surface area contributed by atoms with Gasteiger partial charge in [-0.05, 0) is 80.1 Å². The summed E-state index contributed by atoms with van der Waals surface area (Å²) in [7, 11) is 2.13. The first-order valence-corrected chi connectivity index (χ1v) is 14.7. The number of hydrogen-bond acceptors (Lipinski definition) is 6. The van der Waals surface area contributed by atoms with Crippen molar-refractivity contribution in [1.82, 2.24) is 25.0 Å². The summed E-state index contributed by atoms with van der Waals surface area (Å²) in [5.41, 5.74) is 5.57. The van der Waals surface area contributed by atoms with E-state index in [1.165, 1.54) is 0 Å². The Hall–Kier alpha value is -3.88. The average molecular weight is 554 g/mol. The standard InChI is InChI=1S/C33H39N5O3/c1-23-12-14-38(31-6-4-3-5-30(31)35-23)32(39)26-7-9-27(24-8-10-29-25(21-24)11-13-34-29)28(22-26)33(40)41-20-19-37-17-15-36(2)16-18-37/h5-11,13,21-23,34-35H,3-4,12,14-20H2,1-2H3/t23-/m0/s1. The first kappa shape index (κ1) is 27.3. The molecule has 0 bridgehead atoms. The Bertz CT molecular complexity index is 1500. The Balaban J connectivity index is 1.29. The van der Waals surface area contributed by atoms with Crippen LogP contribution in [0.4, 0.5) is 0 Å². The third-order valence-electron chi connectivity index (χ3n) is 8.44. The van der Waals surface area contributed by atoms with Crippen molar-refractivity contribution in [3.8, 4) is 11.1 Å². The number of ether oxygens (including phenoxy) is 1. The van der Waals surface area contributed by atoms with Gasteiger partial charge in [0.15, 0.2) is 0 Å². The number of carbonyl (C=O) groups excluding carboxylic acids is 2. The number of carbonyl (C=O) groups is 2. The monoisotopic (exact) mass is 553 g/mol. The van der Waals surface area contributed by atoms with Crippen molar-refractivity contribution in [3.63, 3.8) is 0 Å². The minimum atomic E-state index is -0.401. The summed E-state index contributed by atoms with van der Waals surface area (Å²) in [6.45, 7) is 7.74. The van der Waals surface area contributed by atoms with E-state index in [-0.39, 0.29) is 11.9 Å². The summed E-state index contributed by atoms with van der Waals surface area (Å²) in [6.07, 6.45) is 8.95. The molecule has 2 N–H and O–H groups in total. The van der Waals surface area contributed by atoms with Crippen LogP contribution in [0.15, 0.2) is 72.2 Å². The highest BCUT2D eigenvalue weighted by molar-refractivity contribution is 6.03. The summed E-state index contributed by atoms with van der Waals surface area (Å²) < 4.78 is 5.84. The molecule has 2 fully saturated rings. The number of aromatic nitrogens is 1. The van der Waals surface area contributed by atoms with Gasteiger partial charge in [0.05, 0.1) is 17.0 Å². The van der Waals surface area contributed by atoms with Gasteiger partial charge in [0.25, 0.3) is 5.91 Å². The lowest BCUT2D eigenvalue weighted by Gasteiger charge is -2.32. The Morgan fingerprint density at radius 2 is 1.80 bits per heavy atom. The van der Waals surface area contributed by atoms with E-state index in [9.17, 15) is 9.59 Å². The summed E-state index contributed by atoms with van der Waals surface area (Å²) in [5.74, 6) is -0.499. The molecule has 3 aromatic rings. The first-order chi connectivity index (χ1) is 20.0. The van der Waals surface area contributed by atoms with E-state index >= 15 is 0 Å². The number of amides is 1. The number of allylic oxidation sites excluding steroid dienone is 2. The number of nitrogens with zero attached hydrogens (tertiary/aromatic N) is 3. The van der Waals surface area contributed by atoms with E-state index in [0.717, 1.165) is 78.9 Å². The molecule has 1 amide bonds. The molecule has 0 unspecified atom stereocenters. The number of aromatic amines is 1. The summed E-state index contributed by atoms with van der Waals surface area (Å²) in [6, 6.07) is 13.8. The fourth-order valence-corrected chi connectivity index (χ4v) is 5.93. The van der Waals surface area contributed by atoms with Crippen molar-refractivity contribution in [3.05, 3.63) is 83.3 Å². The lowest BCUT2D eigenvalue weighted by atomic mass is 9.96. The number of esters is 1. The Kier molecular flexibility index (Phi) is 7.94. The largest absolute Gasteiger partial charge is 0.461 e. The van der Waals surface area contributed by atoms with E-state index in [1.807, 2.05) is 41.4 Å². The van der Waals surface area contributed by atoms with Crippen LogP contribution in [-0.2, 0) is 4.74 Å².